The lowest BCUT2D eigenvalue weighted by Gasteiger charge is -2.22. The molecule has 1 aliphatic heterocycles. The fourth-order valence-corrected chi connectivity index (χ4v) is 3.13. The monoisotopic (exact) mass is 392 g/mol. The topological polar surface area (TPSA) is 79.8 Å². The predicted octanol–water partition coefficient (Wildman–Crippen LogP) is 2.14. The van der Waals surface area contributed by atoms with Crippen LogP contribution in [-0.4, -0.2) is 43.1 Å². The smallest absolute Gasteiger partial charge is 0.407 e. The summed E-state index contributed by atoms with van der Waals surface area (Å²) in [6.07, 6.45) is -1.75. The number of alkyl carbamates (subject to hydrolysis) is 1. The van der Waals surface area contributed by atoms with Crippen LogP contribution in [0.2, 0.25) is 0 Å². The molecule has 2 aromatic rings. The number of aliphatic hydroxyl groups excluding tert-OH is 1. The van der Waals surface area contributed by atoms with Crippen molar-refractivity contribution in [2.75, 3.05) is 13.7 Å². The average molecular weight is 392 g/mol. The zero-order valence-corrected chi connectivity index (χ0v) is 15.3. The van der Waals surface area contributed by atoms with E-state index in [1.165, 1.54) is 6.07 Å². The molecule has 1 amide bonds. The van der Waals surface area contributed by atoms with E-state index in [1.807, 2.05) is 24.3 Å². The Balaban J connectivity index is 1.55. The Hall–Kier alpha value is -2.71. The lowest BCUT2D eigenvalue weighted by atomic mass is 10.0. The number of rotatable bonds is 6. The number of ether oxygens (including phenoxy) is 2. The molecule has 3 rings (SSSR count). The molecule has 1 saturated heterocycles. The maximum absolute atomic E-state index is 13.2. The summed E-state index contributed by atoms with van der Waals surface area (Å²) in [6.45, 7) is 0.289. The summed E-state index contributed by atoms with van der Waals surface area (Å²) in [5.74, 6) is -1.19. The van der Waals surface area contributed by atoms with Gasteiger partial charge in [-0.3, -0.25) is 0 Å². The first-order valence-corrected chi connectivity index (χ1v) is 8.89. The van der Waals surface area contributed by atoms with Crippen LogP contribution in [0.5, 0.6) is 5.75 Å². The van der Waals surface area contributed by atoms with Crippen LogP contribution in [-0.2, 0) is 17.7 Å². The summed E-state index contributed by atoms with van der Waals surface area (Å²) in [5, 5.41) is 15.8. The minimum atomic E-state index is -0.984. The van der Waals surface area contributed by atoms with Crippen molar-refractivity contribution in [3.63, 3.8) is 0 Å². The summed E-state index contributed by atoms with van der Waals surface area (Å²) in [4.78, 5) is 12.1. The molecule has 0 aliphatic carbocycles. The van der Waals surface area contributed by atoms with E-state index >= 15 is 0 Å². The molecule has 6 nitrogen and oxygen atoms in total. The van der Waals surface area contributed by atoms with Crippen molar-refractivity contribution in [2.24, 2.45) is 0 Å². The van der Waals surface area contributed by atoms with E-state index in [0.29, 0.717) is 18.5 Å². The van der Waals surface area contributed by atoms with Gasteiger partial charge in [0.1, 0.15) is 18.0 Å². The van der Waals surface area contributed by atoms with E-state index in [-0.39, 0.29) is 12.6 Å². The maximum Gasteiger partial charge on any atom is 0.407 e. The van der Waals surface area contributed by atoms with Gasteiger partial charge in [0, 0.05) is 13.1 Å². The van der Waals surface area contributed by atoms with E-state index in [4.69, 9.17) is 9.47 Å². The third kappa shape index (κ3) is 4.96. The van der Waals surface area contributed by atoms with Crippen LogP contribution in [0.15, 0.2) is 42.5 Å². The van der Waals surface area contributed by atoms with Gasteiger partial charge in [0.2, 0.25) is 0 Å². The van der Waals surface area contributed by atoms with Crippen molar-refractivity contribution in [3.05, 3.63) is 65.2 Å². The van der Waals surface area contributed by atoms with Gasteiger partial charge in [-0.25, -0.2) is 13.6 Å². The highest BCUT2D eigenvalue weighted by Crippen LogP contribution is 2.19. The molecule has 3 N–H and O–H groups in total. The van der Waals surface area contributed by atoms with Crippen LogP contribution in [0.1, 0.15) is 11.1 Å². The molecule has 1 unspecified atom stereocenters. The van der Waals surface area contributed by atoms with E-state index < -0.39 is 29.9 Å². The number of nitrogens with one attached hydrogen (secondary N) is 2. The molecule has 8 heteroatoms. The van der Waals surface area contributed by atoms with Crippen LogP contribution < -0.4 is 15.4 Å². The molecular weight excluding hydrogens is 370 g/mol. The normalized spacial score (nSPS) is 21.4. The number of aliphatic hydroxyl groups is 1. The van der Waals surface area contributed by atoms with Gasteiger partial charge in [-0.1, -0.05) is 18.2 Å². The van der Waals surface area contributed by atoms with E-state index in [0.717, 1.165) is 23.4 Å². The zero-order chi connectivity index (χ0) is 20.1. The molecular formula is C20H22F2N2O4. The van der Waals surface area contributed by atoms with Crippen LogP contribution in [0, 0.1) is 11.6 Å². The van der Waals surface area contributed by atoms with Crippen molar-refractivity contribution in [1.82, 2.24) is 10.6 Å². The van der Waals surface area contributed by atoms with Gasteiger partial charge >= 0.3 is 6.09 Å². The lowest BCUT2D eigenvalue weighted by molar-refractivity contribution is 0.0188. The number of carbonyl (C=O) groups is 1. The van der Waals surface area contributed by atoms with Crippen LogP contribution in [0.4, 0.5) is 13.6 Å². The summed E-state index contributed by atoms with van der Waals surface area (Å²) in [5.41, 5.74) is 1.40. The second-order valence-corrected chi connectivity index (χ2v) is 6.61. The number of β-amino-alcohol motifs (C(OH)–C–C–N with tert-alkyl or cyclic N) is 1. The standard InChI is InChI=1S/C20H22F2N2O4/c1-27-14-5-2-12(3-6-14)9-17-19(18(25)11-23-17)28-20(26)24-10-13-4-7-15(21)16(22)8-13/h2-8,17-19,23,25H,9-11H2,1H3,(H,24,26)/t17-,18?,19+/m1/s1. The average Bonchev–Trinajstić information content (AvgIpc) is 3.03. The fraction of sp³-hybridized carbons (Fsp3) is 0.350. The molecule has 0 bridgehead atoms. The van der Waals surface area contributed by atoms with Crippen LogP contribution >= 0.6 is 0 Å². The van der Waals surface area contributed by atoms with Gasteiger partial charge in [0.15, 0.2) is 11.6 Å². The van der Waals surface area contributed by atoms with Crippen molar-refractivity contribution < 1.29 is 28.2 Å². The molecule has 2 aromatic carbocycles. The predicted molar refractivity (Wildman–Crippen MR) is 98.0 cm³/mol. The second kappa shape index (κ2) is 8.99. The van der Waals surface area contributed by atoms with Gasteiger partial charge in [-0.15, -0.1) is 0 Å². The first-order valence-electron chi connectivity index (χ1n) is 8.89. The largest absolute Gasteiger partial charge is 0.497 e. The van der Waals surface area contributed by atoms with Crippen molar-refractivity contribution in [2.45, 2.75) is 31.2 Å². The molecule has 1 aliphatic rings. The number of carbonyl (C=O) groups excluding carboxylic acids is 1. The van der Waals surface area contributed by atoms with Crippen LogP contribution in [0.3, 0.4) is 0 Å². The number of amides is 1. The number of hydrogen-bond acceptors (Lipinski definition) is 5. The Kier molecular flexibility index (Phi) is 6.43. The molecule has 1 fully saturated rings. The first kappa shape index (κ1) is 20.0. The van der Waals surface area contributed by atoms with Gasteiger partial charge in [-0.05, 0) is 41.8 Å². The zero-order valence-electron chi connectivity index (χ0n) is 15.3. The maximum atomic E-state index is 13.2. The Morgan fingerprint density at radius 2 is 1.89 bits per heavy atom. The molecule has 150 valence electrons. The van der Waals surface area contributed by atoms with Crippen molar-refractivity contribution in [3.8, 4) is 5.75 Å². The van der Waals surface area contributed by atoms with Crippen molar-refractivity contribution >= 4 is 6.09 Å². The summed E-state index contributed by atoms with van der Waals surface area (Å²) < 4.78 is 36.7. The van der Waals surface area contributed by atoms with Crippen molar-refractivity contribution in [1.29, 1.82) is 0 Å². The molecule has 0 saturated carbocycles. The number of methoxy groups -OCH3 is 1. The SMILES string of the molecule is COc1ccc(C[C@H]2NCC(O)[C@H]2OC(=O)NCc2ccc(F)c(F)c2)cc1. The molecule has 0 spiro atoms. The Bertz CT molecular complexity index is 816. The summed E-state index contributed by atoms with van der Waals surface area (Å²) in [7, 11) is 1.59. The third-order valence-corrected chi connectivity index (χ3v) is 4.64. The van der Waals surface area contributed by atoms with Gasteiger partial charge in [0.25, 0.3) is 0 Å². The third-order valence-electron chi connectivity index (χ3n) is 4.64. The van der Waals surface area contributed by atoms with Crippen LogP contribution in [0.25, 0.3) is 0 Å². The quantitative estimate of drug-likeness (QED) is 0.702. The fourth-order valence-electron chi connectivity index (χ4n) is 3.13. The molecule has 0 aromatic heterocycles. The Labute approximate surface area is 161 Å². The van der Waals surface area contributed by atoms with Gasteiger partial charge in [0.05, 0.1) is 13.2 Å². The summed E-state index contributed by atoms with van der Waals surface area (Å²) >= 11 is 0. The number of hydrogen-bond donors (Lipinski definition) is 3. The number of halogens is 2. The number of benzene rings is 2. The minimum Gasteiger partial charge on any atom is -0.497 e. The Morgan fingerprint density at radius 1 is 1.18 bits per heavy atom. The van der Waals surface area contributed by atoms with E-state index in [9.17, 15) is 18.7 Å². The lowest BCUT2D eigenvalue weighted by Crippen LogP contribution is -2.41. The molecule has 0 radical (unpaired) electrons. The highest BCUT2D eigenvalue weighted by atomic mass is 19.2. The molecule has 1 heterocycles. The molecule has 3 atom stereocenters. The minimum absolute atomic E-state index is 0.0184. The van der Waals surface area contributed by atoms with E-state index in [1.54, 1.807) is 7.11 Å². The van der Waals surface area contributed by atoms with Gasteiger partial charge < -0.3 is 25.2 Å². The summed E-state index contributed by atoms with van der Waals surface area (Å²) in [6, 6.07) is 10.6. The second-order valence-electron chi connectivity index (χ2n) is 6.61. The Morgan fingerprint density at radius 3 is 2.57 bits per heavy atom. The highest BCUT2D eigenvalue weighted by Gasteiger charge is 2.37. The highest BCUT2D eigenvalue weighted by molar-refractivity contribution is 5.67. The van der Waals surface area contributed by atoms with Gasteiger partial charge in [-0.2, -0.15) is 0 Å². The first-order chi connectivity index (χ1) is 13.5. The molecule has 28 heavy (non-hydrogen) atoms. The van der Waals surface area contributed by atoms with E-state index in [2.05, 4.69) is 10.6 Å².